The van der Waals surface area contributed by atoms with Crippen molar-refractivity contribution in [1.29, 1.82) is 0 Å². The topological polar surface area (TPSA) is 49.3 Å². The van der Waals surface area contributed by atoms with Crippen LogP contribution in [0.15, 0.2) is 6.07 Å². The predicted molar refractivity (Wildman–Crippen MR) is 68.2 cm³/mol. The Morgan fingerprint density at radius 1 is 1.69 bits per heavy atom. The molecule has 1 atom stereocenters. The van der Waals surface area contributed by atoms with Gasteiger partial charge < -0.3 is 10.4 Å². The molecule has 16 heavy (non-hydrogen) atoms. The van der Waals surface area contributed by atoms with Crippen LogP contribution in [-0.4, -0.2) is 29.4 Å². The highest BCUT2D eigenvalue weighted by Gasteiger charge is 2.17. The lowest BCUT2D eigenvalue weighted by Gasteiger charge is -2.08. The molecule has 0 spiro atoms. The largest absolute Gasteiger partial charge is 0.392 e. The number of rotatable bonds is 3. The third-order valence-electron chi connectivity index (χ3n) is 2.41. The summed E-state index contributed by atoms with van der Waals surface area (Å²) in [5.41, 5.74) is 1.31. The Morgan fingerprint density at radius 2 is 2.50 bits per heavy atom. The summed E-state index contributed by atoms with van der Waals surface area (Å²) in [6.45, 7) is 1.98. The van der Waals surface area contributed by atoms with Crippen molar-refractivity contribution in [3.63, 3.8) is 0 Å². The van der Waals surface area contributed by atoms with Crippen LogP contribution in [0.25, 0.3) is 0 Å². The molecule has 0 saturated carbocycles. The van der Waals surface area contributed by atoms with Crippen LogP contribution < -0.4 is 5.32 Å². The number of fused-ring (bicyclic) bond motifs is 1. The third-order valence-corrected chi connectivity index (χ3v) is 4.65. The first-order valence-corrected chi connectivity index (χ1v) is 7.29. The predicted octanol–water partition coefficient (Wildman–Crippen LogP) is 1.65. The van der Waals surface area contributed by atoms with Crippen molar-refractivity contribution in [3.8, 4) is 0 Å². The number of aryl methyl sites for hydroxylation is 1. The minimum atomic E-state index is -0.492. The van der Waals surface area contributed by atoms with Crippen molar-refractivity contribution in [2.24, 2.45) is 0 Å². The molecule has 0 aromatic carbocycles. The zero-order chi connectivity index (χ0) is 11.5. The first-order chi connectivity index (χ1) is 7.66. The molecule has 0 saturated heterocycles. The van der Waals surface area contributed by atoms with Gasteiger partial charge in [0.15, 0.2) is 0 Å². The summed E-state index contributed by atoms with van der Waals surface area (Å²) in [5.74, 6) is 2.11. The normalized spacial score (nSPS) is 16.6. The number of aliphatic hydroxyl groups is 1. The average Bonchev–Trinajstić information content (AvgIpc) is 2.69. The Balaban J connectivity index is 2.03. The van der Waals surface area contributed by atoms with Crippen LogP contribution in [0.4, 0.5) is 0 Å². The van der Waals surface area contributed by atoms with Crippen molar-refractivity contribution in [3.05, 3.63) is 21.4 Å². The van der Waals surface area contributed by atoms with E-state index in [1.54, 1.807) is 18.3 Å². The van der Waals surface area contributed by atoms with Crippen molar-refractivity contribution >= 4 is 29.0 Å². The molecule has 1 amide bonds. The maximum Gasteiger partial charge on any atom is 0.261 e. The van der Waals surface area contributed by atoms with Gasteiger partial charge >= 0.3 is 0 Å². The number of hydrogen-bond acceptors (Lipinski definition) is 4. The molecule has 88 valence electrons. The van der Waals surface area contributed by atoms with E-state index in [2.05, 4.69) is 5.32 Å². The van der Waals surface area contributed by atoms with E-state index in [1.165, 1.54) is 10.4 Å². The second-order valence-electron chi connectivity index (χ2n) is 3.92. The summed E-state index contributed by atoms with van der Waals surface area (Å²) < 4.78 is 0. The van der Waals surface area contributed by atoms with Crippen LogP contribution in [0.1, 0.15) is 27.0 Å². The van der Waals surface area contributed by atoms with E-state index in [9.17, 15) is 4.79 Å². The molecule has 0 fully saturated rings. The van der Waals surface area contributed by atoms with Gasteiger partial charge in [0.2, 0.25) is 0 Å². The molecule has 3 nitrogen and oxygen atoms in total. The molecular weight excluding hydrogens is 242 g/mol. The number of carbonyl (C=O) groups excluding carboxylic acids is 1. The minimum Gasteiger partial charge on any atom is -0.392 e. The van der Waals surface area contributed by atoms with Crippen LogP contribution in [0.5, 0.6) is 0 Å². The molecule has 1 aromatic heterocycles. The van der Waals surface area contributed by atoms with E-state index in [1.807, 2.05) is 17.8 Å². The van der Waals surface area contributed by atoms with Crippen LogP contribution in [0.3, 0.4) is 0 Å². The summed E-state index contributed by atoms with van der Waals surface area (Å²) in [4.78, 5) is 13.9. The first kappa shape index (κ1) is 12.0. The second-order valence-corrected chi connectivity index (χ2v) is 6.16. The molecule has 1 aromatic rings. The Labute approximate surface area is 103 Å². The van der Waals surface area contributed by atoms with Gasteiger partial charge in [0.1, 0.15) is 0 Å². The number of thioether (sulfide) groups is 1. The van der Waals surface area contributed by atoms with Gasteiger partial charge in [0.25, 0.3) is 5.91 Å². The fourth-order valence-corrected chi connectivity index (χ4v) is 3.88. The van der Waals surface area contributed by atoms with Gasteiger partial charge in [-0.15, -0.1) is 11.3 Å². The van der Waals surface area contributed by atoms with E-state index in [0.717, 1.165) is 22.8 Å². The van der Waals surface area contributed by atoms with Gasteiger partial charge in [0.05, 0.1) is 11.0 Å². The number of hydrogen-bond donors (Lipinski definition) is 2. The molecule has 0 aliphatic carbocycles. The maximum atomic E-state index is 11.7. The highest BCUT2D eigenvalue weighted by Crippen LogP contribution is 2.31. The average molecular weight is 257 g/mol. The van der Waals surface area contributed by atoms with E-state index < -0.39 is 6.10 Å². The quantitative estimate of drug-likeness (QED) is 0.865. The minimum absolute atomic E-state index is 0.0645. The summed E-state index contributed by atoms with van der Waals surface area (Å²) in [7, 11) is 0. The van der Waals surface area contributed by atoms with Crippen LogP contribution in [-0.2, 0) is 12.2 Å². The second kappa shape index (κ2) is 5.21. The highest BCUT2D eigenvalue weighted by molar-refractivity contribution is 7.98. The number of aliphatic hydroxyl groups excluding tert-OH is 1. The van der Waals surface area contributed by atoms with E-state index in [0.29, 0.717) is 6.54 Å². The zero-order valence-electron chi connectivity index (χ0n) is 9.16. The maximum absolute atomic E-state index is 11.7. The molecule has 0 bridgehead atoms. The number of amides is 1. The van der Waals surface area contributed by atoms with Gasteiger partial charge in [-0.1, -0.05) is 0 Å². The summed E-state index contributed by atoms with van der Waals surface area (Å²) in [5, 5.41) is 11.8. The lowest BCUT2D eigenvalue weighted by Crippen LogP contribution is -2.29. The van der Waals surface area contributed by atoms with E-state index >= 15 is 0 Å². The highest BCUT2D eigenvalue weighted by atomic mass is 32.2. The molecule has 1 aliphatic heterocycles. The summed E-state index contributed by atoms with van der Waals surface area (Å²) in [6, 6.07) is 1.99. The van der Waals surface area contributed by atoms with Crippen molar-refractivity contribution < 1.29 is 9.90 Å². The first-order valence-electron chi connectivity index (χ1n) is 5.32. The Hall–Kier alpha value is -0.520. The molecular formula is C11H15NO2S2. The monoisotopic (exact) mass is 257 g/mol. The lowest BCUT2D eigenvalue weighted by molar-refractivity contribution is 0.0928. The Bertz CT molecular complexity index is 364. The molecule has 0 radical (unpaired) electrons. The summed E-state index contributed by atoms with van der Waals surface area (Å²) >= 11 is 3.50. The van der Waals surface area contributed by atoms with Gasteiger partial charge in [-0.3, -0.25) is 4.79 Å². The molecule has 5 heteroatoms. The van der Waals surface area contributed by atoms with Gasteiger partial charge in [-0.05, 0) is 30.7 Å². The summed E-state index contributed by atoms with van der Waals surface area (Å²) in [6.07, 6.45) is 0.586. The fraction of sp³-hybridized carbons (Fsp3) is 0.545. The Morgan fingerprint density at radius 3 is 3.19 bits per heavy atom. The molecule has 2 heterocycles. The van der Waals surface area contributed by atoms with Crippen LogP contribution >= 0.6 is 23.1 Å². The molecule has 2 N–H and O–H groups in total. The smallest absolute Gasteiger partial charge is 0.261 e. The van der Waals surface area contributed by atoms with Gasteiger partial charge in [-0.2, -0.15) is 11.8 Å². The van der Waals surface area contributed by atoms with Crippen LogP contribution in [0.2, 0.25) is 0 Å². The fourth-order valence-electron chi connectivity index (χ4n) is 1.59. The van der Waals surface area contributed by atoms with Gasteiger partial charge in [-0.25, -0.2) is 0 Å². The number of carbonyl (C=O) groups is 1. The molecule has 2 rings (SSSR count). The standard InChI is InChI=1S/C11H15NO2S2/c1-7(13)5-12-11(14)10-4-8-6-15-3-2-9(8)16-10/h4,7,13H,2-3,5-6H2,1H3,(H,12,14)/t7-/m0/s1. The SMILES string of the molecule is C[C@H](O)CNC(=O)c1cc2c(s1)CCSC2. The van der Waals surface area contributed by atoms with Crippen molar-refractivity contribution in [1.82, 2.24) is 5.32 Å². The van der Waals surface area contributed by atoms with Crippen molar-refractivity contribution in [2.45, 2.75) is 25.2 Å². The number of nitrogens with one attached hydrogen (secondary N) is 1. The van der Waals surface area contributed by atoms with E-state index in [-0.39, 0.29) is 5.91 Å². The zero-order valence-corrected chi connectivity index (χ0v) is 10.8. The van der Waals surface area contributed by atoms with Crippen LogP contribution in [0, 0.1) is 0 Å². The number of thiophene rings is 1. The van der Waals surface area contributed by atoms with Crippen molar-refractivity contribution in [2.75, 3.05) is 12.3 Å². The molecule has 1 aliphatic rings. The molecule has 0 unspecified atom stereocenters. The van der Waals surface area contributed by atoms with Gasteiger partial charge in [0, 0.05) is 17.2 Å². The Kier molecular flexibility index (Phi) is 3.89. The lowest BCUT2D eigenvalue weighted by atomic mass is 10.2. The van der Waals surface area contributed by atoms with E-state index in [4.69, 9.17) is 5.11 Å². The third kappa shape index (κ3) is 2.78.